The molecule has 2 amide bonds. The molecule has 7 nitrogen and oxygen atoms in total. The van der Waals surface area contributed by atoms with Gasteiger partial charge in [0.25, 0.3) is 5.69 Å². The molecule has 106 valence electrons. The lowest BCUT2D eigenvalue weighted by Gasteiger charge is -2.26. The number of nitrogens with zero attached hydrogens (tertiary/aromatic N) is 2. The van der Waals surface area contributed by atoms with Crippen LogP contribution >= 0.6 is 15.9 Å². The first-order valence-electron chi connectivity index (χ1n) is 5.89. The van der Waals surface area contributed by atoms with E-state index in [1.807, 2.05) is 0 Å². The van der Waals surface area contributed by atoms with E-state index in [1.54, 1.807) is 13.0 Å². The first kappa shape index (κ1) is 14.4. The van der Waals surface area contributed by atoms with Gasteiger partial charge in [-0.3, -0.25) is 19.7 Å². The molecule has 0 spiro atoms. The molecule has 0 saturated heterocycles. The van der Waals surface area contributed by atoms with Crippen LogP contribution in [0.5, 0.6) is 0 Å². The maximum absolute atomic E-state index is 11.8. The summed E-state index contributed by atoms with van der Waals surface area (Å²) in [5.74, 6) is -0.629. The lowest BCUT2D eigenvalue weighted by Crippen LogP contribution is -2.37. The minimum absolute atomic E-state index is 0.0581. The molecule has 1 aliphatic rings. The average molecular weight is 342 g/mol. The third-order valence-corrected chi connectivity index (χ3v) is 3.50. The number of carbonyl (C=O) groups is 2. The fourth-order valence-corrected chi connectivity index (χ4v) is 2.74. The fraction of sp³-hybridized carbons (Fsp3) is 0.333. The molecular weight excluding hydrogens is 330 g/mol. The number of rotatable bonds is 1. The lowest BCUT2D eigenvalue weighted by molar-refractivity contribution is -0.383. The highest BCUT2D eigenvalue weighted by Crippen LogP contribution is 2.41. The Morgan fingerprint density at radius 2 is 2.20 bits per heavy atom. The van der Waals surface area contributed by atoms with Gasteiger partial charge >= 0.3 is 0 Å². The number of halogens is 1. The van der Waals surface area contributed by atoms with Crippen LogP contribution in [-0.2, 0) is 9.59 Å². The molecule has 8 heteroatoms. The van der Waals surface area contributed by atoms with Crippen molar-refractivity contribution in [2.45, 2.75) is 26.3 Å². The topological polar surface area (TPSA) is 92.6 Å². The number of nitro benzene ring substituents is 1. The molecule has 1 N–H and O–H groups in total. The quantitative estimate of drug-likeness (QED) is 0.627. The van der Waals surface area contributed by atoms with Crippen molar-refractivity contribution in [2.24, 2.45) is 0 Å². The predicted octanol–water partition coefficient (Wildman–Crippen LogP) is 2.44. The van der Waals surface area contributed by atoms with Crippen molar-refractivity contribution in [3.8, 4) is 0 Å². The molecule has 2 rings (SSSR count). The first-order valence-corrected chi connectivity index (χ1v) is 6.68. The van der Waals surface area contributed by atoms with Crippen molar-refractivity contribution < 1.29 is 14.5 Å². The summed E-state index contributed by atoms with van der Waals surface area (Å²) in [5, 5.41) is 13.7. The number of hydrogen-bond acceptors (Lipinski definition) is 4. The molecular formula is C12H12BrN3O4. The molecule has 0 bridgehead atoms. The summed E-state index contributed by atoms with van der Waals surface area (Å²) in [6, 6.07) is 2.52. The molecule has 1 aliphatic heterocycles. The van der Waals surface area contributed by atoms with Crippen LogP contribution in [0.4, 0.5) is 17.1 Å². The van der Waals surface area contributed by atoms with Crippen LogP contribution in [0.3, 0.4) is 0 Å². The summed E-state index contributed by atoms with van der Waals surface area (Å²) in [7, 11) is 0. The highest BCUT2D eigenvalue weighted by atomic mass is 79.9. The molecule has 20 heavy (non-hydrogen) atoms. The van der Waals surface area contributed by atoms with E-state index < -0.39 is 4.92 Å². The van der Waals surface area contributed by atoms with Gasteiger partial charge in [-0.1, -0.05) is 15.9 Å². The van der Waals surface area contributed by atoms with Crippen molar-refractivity contribution in [1.29, 1.82) is 0 Å². The van der Waals surface area contributed by atoms with E-state index in [4.69, 9.17) is 0 Å². The molecule has 1 unspecified atom stereocenters. The Balaban J connectivity index is 2.74. The van der Waals surface area contributed by atoms with Crippen molar-refractivity contribution >= 4 is 44.8 Å². The van der Waals surface area contributed by atoms with Gasteiger partial charge in [-0.05, 0) is 13.0 Å². The van der Waals surface area contributed by atoms with Crippen LogP contribution in [0.25, 0.3) is 0 Å². The van der Waals surface area contributed by atoms with E-state index in [-0.39, 0.29) is 35.7 Å². The second-order valence-corrected chi connectivity index (χ2v) is 5.48. The van der Waals surface area contributed by atoms with Gasteiger partial charge in [0.15, 0.2) is 0 Å². The number of anilines is 2. The summed E-state index contributed by atoms with van der Waals surface area (Å²) in [4.78, 5) is 35.6. The molecule has 0 aliphatic carbocycles. The van der Waals surface area contributed by atoms with Crippen LogP contribution in [0.1, 0.15) is 20.3 Å². The number of hydrogen-bond donors (Lipinski definition) is 1. The largest absolute Gasteiger partial charge is 0.319 e. The number of amides is 2. The fourth-order valence-electron chi connectivity index (χ4n) is 2.31. The van der Waals surface area contributed by atoms with Crippen molar-refractivity contribution in [1.82, 2.24) is 0 Å². The van der Waals surface area contributed by atoms with Gasteiger partial charge in [0.05, 0.1) is 10.6 Å². The van der Waals surface area contributed by atoms with Gasteiger partial charge < -0.3 is 10.2 Å². The third-order valence-electron chi connectivity index (χ3n) is 3.04. The Morgan fingerprint density at radius 3 is 2.75 bits per heavy atom. The molecule has 1 aromatic rings. The van der Waals surface area contributed by atoms with Gasteiger partial charge in [0.2, 0.25) is 11.8 Å². The van der Waals surface area contributed by atoms with Crippen LogP contribution in [0.15, 0.2) is 16.6 Å². The van der Waals surface area contributed by atoms with Gasteiger partial charge in [-0.2, -0.15) is 0 Å². The monoisotopic (exact) mass is 341 g/mol. The average Bonchev–Trinajstić information content (AvgIpc) is 2.42. The number of nitro groups is 1. The summed E-state index contributed by atoms with van der Waals surface area (Å²) < 4.78 is 0.470. The molecule has 0 fully saturated rings. The van der Waals surface area contributed by atoms with Crippen molar-refractivity contribution in [3.05, 3.63) is 26.7 Å². The predicted molar refractivity (Wildman–Crippen MR) is 76.7 cm³/mol. The molecule has 1 aromatic carbocycles. The van der Waals surface area contributed by atoms with Crippen molar-refractivity contribution in [3.63, 3.8) is 0 Å². The Kier molecular flexibility index (Phi) is 3.76. The van der Waals surface area contributed by atoms with E-state index in [9.17, 15) is 19.7 Å². The molecule has 0 saturated carbocycles. The highest BCUT2D eigenvalue weighted by molar-refractivity contribution is 9.10. The zero-order chi connectivity index (χ0) is 15.0. The van der Waals surface area contributed by atoms with Crippen LogP contribution < -0.4 is 10.2 Å². The highest BCUT2D eigenvalue weighted by Gasteiger charge is 2.32. The Hall–Kier alpha value is -1.96. The second-order valence-electron chi connectivity index (χ2n) is 4.57. The van der Waals surface area contributed by atoms with E-state index in [1.165, 1.54) is 17.9 Å². The maximum atomic E-state index is 11.8. The number of benzene rings is 1. The maximum Gasteiger partial charge on any atom is 0.296 e. The number of carbonyl (C=O) groups excluding carboxylic acids is 2. The molecule has 1 atom stereocenters. The third kappa shape index (κ3) is 2.51. The number of fused-ring (bicyclic) bond motifs is 1. The van der Waals surface area contributed by atoms with Crippen molar-refractivity contribution in [2.75, 3.05) is 10.2 Å². The van der Waals surface area contributed by atoms with Gasteiger partial charge in [0, 0.05) is 29.9 Å². The first-order chi connectivity index (χ1) is 9.31. The van der Waals surface area contributed by atoms with E-state index in [2.05, 4.69) is 21.2 Å². The smallest absolute Gasteiger partial charge is 0.296 e. The molecule has 0 aromatic heterocycles. The van der Waals surface area contributed by atoms with E-state index >= 15 is 0 Å². The van der Waals surface area contributed by atoms with Gasteiger partial charge in [0.1, 0.15) is 5.69 Å². The summed E-state index contributed by atoms with van der Waals surface area (Å²) >= 11 is 3.19. The zero-order valence-corrected chi connectivity index (χ0v) is 12.4. The molecule has 0 radical (unpaired) electrons. The van der Waals surface area contributed by atoms with E-state index in [0.29, 0.717) is 10.2 Å². The standard InChI is InChI=1S/C12H12BrN3O4/c1-6-3-11(18)14-12-9(15(6)7(2)17)4-8(13)5-10(12)16(19)20/h4-6H,3H2,1-2H3,(H,14,18). The minimum Gasteiger partial charge on any atom is -0.319 e. The zero-order valence-electron chi connectivity index (χ0n) is 10.8. The summed E-state index contributed by atoms with van der Waals surface area (Å²) in [5.41, 5.74) is 0.141. The van der Waals surface area contributed by atoms with E-state index in [0.717, 1.165) is 0 Å². The SMILES string of the molecule is CC(=O)N1c2cc(Br)cc([N+](=O)[O-])c2NC(=O)CC1C. The number of nitrogens with one attached hydrogen (secondary N) is 1. The lowest BCUT2D eigenvalue weighted by atomic mass is 10.1. The van der Waals surface area contributed by atoms with Crippen LogP contribution in [-0.4, -0.2) is 22.8 Å². The minimum atomic E-state index is -0.585. The van der Waals surface area contributed by atoms with Crippen LogP contribution in [0.2, 0.25) is 0 Å². The Labute approximate surface area is 123 Å². The molecule has 1 heterocycles. The summed E-state index contributed by atoms with van der Waals surface area (Å²) in [6.07, 6.45) is 0.0863. The van der Waals surface area contributed by atoms with Crippen LogP contribution in [0, 0.1) is 10.1 Å². The van der Waals surface area contributed by atoms with Gasteiger partial charge in [-0.25, -0.2) is 0 Å². The normalized spacial score (nSPS) is 18.1. The second kappa shape index (κ2) is 5.20. The van der Waals surface area contributed by atoms with Gasteiger partial charge in [-0.15, -0.1) is 0 Å². The Morgan fingerprint density at radius 1 is 1.55 bits per heavy atom. The Bertz CT molecular complexity index is 617. The summed E-state index contributed by atoms with van der Waals surface area (Å²) in [6.45, 7) is 3.09.